The fraction of sp³-hybridized carbons (Fsp3) is 0.889. The van der Waals surface area contributed by atoms with Gasteiger partial charge >= 0.3 is 0 Å². The zero-order valence-electron chi connectivity index (χ0n) is 8.35. The summed E-state index contributed by atoms with van der Waals surface area (Å²) < 4.78 is 0. The second kappa shape index (κ2) is 2.46. The van der Waals surface area contributed by atoms with Crippen LogP contribution in [0.5, 0.6) is 0 Å². The summed E-state index contributed by atoms with van der Waals surface area (Å²) in [7, 11) is 1.62. The van der Waals surface area contributed by atoms with E-state index in [1.54, 1.807) is 7.05 Å². The molecule has 0 aromatic rings. The summed E-state index contributed by atoms with van der Waals surface area (Å²) in [6, 6.07) is 0. The molecule has 3 nitrogen and oxygen atoms in total. The minimum absolute atomic E-state index is 0.0394. The van der Waals surface area contributed by atoms with Crippen LogP contribution in [0.25, 0.3) is 0 Å². The van der Waals surface area contributed by atoms with Gasteiger partial charge in [-0.2, -0.15) is 0 Å². The third-order valence-electron chi connectivity index (χ3n) is 2.92. The van der Waals surface area contributed by atoms with Gasteiger partial charge in [0.05, 0.1) is 5.41 Å². The first-order valence-corrected chi connectivity index (χ1v) is 4.34. The molecule has 2 N–H and O–H groups in total. The molecule has 1 aliphatic carbocycles. The molecule has 1 rings (SSSR count). The minimum Gasteiger partial charge on any atom is -0.283 e. The molecule has 70 valence electrons. The van der Waals surface area contributed by atoms with Crippen LogP contribution < -0.4 is 5.84 Å². The lowest BCUT2D eigenvalue weighted by atomic mass is 9.77. The standard InChI is InChI=1S/C9H18N2O/c1-8(2,3)9(5-6-9)7(12)11(4)10/h5-6,10H2,1-4H3. The van der Waals surface area contributed by atoms with Crippen LogP contribution in [-0.4, -0.2) is 18.0 Å². The Kier molecular flexibility index (Phi) is 1.95. The largest absolute Gasteiger partial charge is 0.283 e. The van der Waals surface area contributed by atoms with Gasteiger partial charge in [0.25, 0.3) is 0 Å². The quantitative estimate of drug-likeness (QED) is 0.364. The molecule has 0 spiro atoms. The van der Waals surface area contributed by atoms with Crippen LogP contribution in [0.3, 0.4) is 0 Å². The molecule has 0 saturated heterocycles. The first-order chi connectivity index (χ1) is 5.31. The number of nitrogens with two attached hydrogens (primary N) is 1. The molecular formula is C9H18N2O. The van der Waals surface area contributed by atoms with E-state index < -0.39 is 0 Å². The van der Waals surface area contributed by atoms with E-state index in [4.69, 9.17) is 5.84 Å². The summed E-state index contributed by atoms with van der Waals surface area (Å²) in [5.41, 5.74) is -0.131. The average molecular weight is 170 g/mol. The fourth-order valence-electron chi connectivity index (χ4n) is 1.75. The average Bonchev–Trinajstić information content (AvgIpc) is 2.62. The number of amides is 1. The highest BCUT2D eigenvalue weighted by atomic mass is 16.2. The number of rotatable bonds is 1. The van der Waals surface area contributed by atoms with E-state index in [1.165, 1.54) is 5.01 Å². The highest BCUT2D eigenvalue weighted by molar-refractivity contribution is 5.85. The Balaban J connectivity index is 2.81. The molecule has 0 heterocycles. The summed E-state index contributed by atoms with van der Waals surface area (Å²) in [5, 5.41) is 1.22. The highest BCUT2D eigenvalue weighted by Crippen LogP contribution is 2.59. The van der Waals surface area contributed by atoms with Crippen LogP contribution in [0.1, 0.15) is 33.6 Å². The maximum atomic E-state index is 11.7. The smallest absolute Gasteiger partial charge is 0.242 e. The van der Waals surface area contributed by atoms with E-state index in [2.05, 4.69) is 20.8 Å². The molecule has 1 amide bonds. The maximum Gasteiger partial charge on any atom is 0.242 e. The van der Waals surface area contributed by atoms with Gasteiger partial charge in [-0.15, -0.1) is 0 Å². The van der Waals surface area contributed by atoms with Gasteiger partial charge in [-0.25, -0.2) is 5.84 Å². The lowest BCUT2D eigenvalue weighted by Gasteiger charge is -2.31. The molecule has 0 unspecified atom stereocenters. The predicted molar refractivity (Wildman–Crippen MR) is 48.1 cm³/mol. The zero-order valence-corrected chi connectivity index (χ0v) is 8.35. The molecule has 12 heavy (non-hydrogen) atoms. The molecular weight excluding hydrogens is 152 g/mol. The fourth-order valence-corrected chi connectivity index (χ4v) is 1.75. The number of nitrogens with zero attached hydrogens (tertiary/aromatic N) is 1. The van der Waals surface area contributed by atoms with Crippen LogP contribution in [0, 0.1) is 10.8 Å². The van der Waals surface area contributed by atoms with E-state index in [0.29, 0.717) is 0 Å². The van der Waals surface area contributed by atoms with Crippen molar-refractivity contribution >= 4 is 5.91 Å². The van der Waals surface area contributed by atoms with Crippen LogP contribution in [0.4, 0.5) is 0 Å². The first-order valence-electron chi connectivity index (χ1n) is 4.34. The van der Waals surface area contributed by atoms with Crippen LogP contribution in [0.2, 0.25) is 0 Å². The number of carbonyl (C=O) groups excluding carboxylic acids is 1. The third kappa shape index (κ3) is 1.22. The van der Waals surface area contributed by atoms with E-state index in [9.17, 15) is 4.79 Å². The van der Waals surface area contributed by atoms with Crippen molar-refractivity contribution < 1.29 is 4.79 Å². The second-order valence-corrected chi connectivity index (χ2v) is 4.75. The molecule has 1 saturated carbocycles. The van der Waals surface area contributed by atoms with E-state index in [1.807, 2.05) is 0 Å². The predicted octanol–water partition coefficient (Wildman–Crippen LogP) is 1.14. The Bertz CT molecular complexity index is 199. The Morgan fingerprint density at radius 2 is 1.83 bits per heavy atom. The molecule has 3 heteroatoms. The Morgan fingerprint density at radius 1 is 1.42 bits per heavy atom. The lowest BCUT2D eigenvalue weighted by Crippen LogP contribution is -2.44. The third-order valence-corrected chi connectivity index (χ3v) is 2.92. The lowest BCUT2D eigenvalue weighted by molar-refractivity contribution is -0.140. The maximum absolute atomic E-state index is 11.7. The van der Waals surface area contributed by atoms with Gasteiger partial charge in [0, 0.05) is 7.05 Å². The molecule has 0 aromatic heterocycles. The SMILES string of the molecule is CN(N)C(=O)C1(C(C)(C)C)CC1. The Hall–Kier alpha value is -0.570. The van der Waals surface area contributed by atoms with Crippen molar-refractivity contribution in [2.45, 2.75) is 33.6 Å². The van der Waals surface area contributed by atoms with Crippen molar-refractivity contribution in [1.29, 1.82) is 0 Å². The summed E-state index contributed by atoms with van der Waals surface area (Å²) in [4.78, 5) is 11.7. The Labute approximate surface area is 73.9 Å². The normalized spacial score (nSPS) is 20.4. The molecule has 0 bridgehead atoms. The van der Waals surface area contributed by atoms with E-state index in [-0.39, 0.29) is 16.7 Å². The Morgan fingerprint density at radius 3 is 1.92 bits per heavy atom. The molecule has 1 fully saturated rings. The van der Waals surface area contributed by atoms with Gasteiger partial charge in [-0.3, -0.25) is 9.80 Å². The second-order valence-electron chi connectivity index (χ2n) is 4.75. The van der Waals surface area contributed by atoms with Crippen molar-refractivity contribution in [3.05, 3.63) is 0 Å². The van der Waals surface area contributed by atoms with Gasteiger partial charge in [-0.05, 0) is 18.3 Å². The van der Waals surface area contributed by atoms with Gasteiger partial charge in [0.2, 0.25) is 5.91 Å². The van der Waals surface area contributed by atoms with Crippen LogP contribution in [-0.2, 0) is 4.79 Å². The van der Waals surface area contributed by atoms with Gasteiger partial charge < -0.3 is 0 Å². The highest BCUT2D eigenvalue weighted by Gasteiger charge is 2.58. The van der Waals surface area contributed by atoms with Crippen molar-refractivity contribution in [3.63, 3.8) is 0 Å². The van der Waals surface area contributed by atoms with Crippen molar-refractivity contribution in [2.24, 2.45) is 16.7 Å². The molecule has 1 aliphatic rings. The van der Waals surface area contributed by atoms with Gasteiger partial charge in [0.1, 0.15) is 0 Å². The van der Waals surface area contributed by atoms with Crippen LogP contribution >= 0.6 is 0 Å². The van der Waals surface area contributed by atoms with Crippen molar-refractivity contribution in [2.75, 3.05) is 7.05 Å². The number of hydrogen-bond acceptors (Lipinski definition) is 2. The monoisotopic (exact) mass is 170 g/mol. The molecule has 0 aromatic carbocycles. The summed E-state index contributed by atoms with van der Waals surface area (Å²) in [5.74, 6) is 5.52. The summed E-state index contributed by atoms with van der Waals surface area (Å²) >= 11 is 0. The number of hydrogen-bond donors (Lipinski definition) is 1. The van der Waals surface area contributed by atoms with E-state index >= 15 is 0 Å². The van der Waals surface area contributed by atoms with Gasteiger partial charge in [0.15, 0.2) is 0 Å². The van der Waals surface area contributed by atoms with E-state index in [0.717, 1.165) is 12.8 Å². The van der Waals surface area contributed by atoms with Crippen molar-refractivity contribution in [1.82, 2.24) is 5.01 Å². The van der Waals surface area contributed by atoms with Crippen molar-refractivity contribution in [3.8, 4) is 0 Å². The molecule has 0 aliphatic heterocycles. The topological polar surface area (TPSA) is 46.3 Å². The summed E-state index contributed by atoms with van der Waals surface area (Å²) in [6.07, 6.45) is 1.97. The van der Waals surface area contributed by atoms with Gasteiger partial charge in [-0.1, -0.05) is 20.8 Å². The number of carbonyl (C=O) groups is 1. The molecule has 0 atom stereocenters. The minimum atomic E-state index is -0.170. The number of hydrazine groups is 1. The first kappa shape index (κ1) is 9.52. The molecule has 0 radical (unpaired) electrons. The van der Waals surface area contributed by atoms with Crippen LogP contribution in [0.15, 0.2) is 0 Å². The summed E-state index contributed by atoms with van der Waals surface area (Å²) in [6.45, 7) is 6.30. The zero-order chi connectivity index (χ0) is 9.57.